The van der Waals surface area contributed by atoms with Crippen molar-refractivity contribution in [3.63, 3.8) is 0 Å². The van der Waals surface area contributed by atoms with Crippen LogP contribution in [-0.2, 0) is 11.3 Å². The molecule has 2 aromatic heterocycles. The second-order valence-electron chi connectivity index (χ2n) is 5.42. The van der Waals surface area contributed by atoms with E-state index in [2.05, 4.69) is 15.5 Å². The first-order chi connectivity index (χ1) is 11.8. The van der Waals surface area contributed by atoms with E-state index in [0.717, 1.165) is 17.9 Å². The molecule has 122 valence electrons. The number of furan rings is 1. The summed E-state index contributed by atoms with van der Waals surface area (Å²) in [5.74, 6) is 0.867. The summed E-state index contributed by atoms with van der Waals surface area (Å²) in [7, 11) is 0. The lowest BCUT2D eigenvalue weighted by Gasteiger charge is -2.16. The number of thioether (sulfide) groups is 1. The van der Waals surface area contributed by atoms with E-state index in [1.807, 2.05) is 47.4 Å². The van der Waals surface area contributed by atoms with Gasteiger partial charge >= 0.3 is 0 Å². The lowest BCUT2D eigenvalue weighted by atomic mass is 10.3. The van der Waals surface area contributed by atoms with Crippen molar-refractivity contribution in [3.05, 3.63) is 54.5 Å². The number of hydrogen-bond donors (Lipinski definition) is 0. The van der Waals surface area contributed by atoms with Crippen LogP contribution in [0.4, 0.5) is 5.69 Å². The van der Waals surface area contributed by atoms with Crippen molar-refractivity contribution in [2.45, 2.75) is 23.4 Å². The zero-order valence-corrected chi connectivity index (χ0v) is 13.6. The first kappa shape index (κ1) is 14.9. The van der Waals surface area contributed by atoms with Crippen molar-refractivity contribution in [1.29, 1.82) is 0 Å². The Balaban J connectivity index is 1.47. The zero-order chi connectivity index (χ0) is 16.4. The molecule has 1 atom stereocenters. The lowest BCUT2D eigenvalue weighted by Crippen LogP contribution is -2.28. The number of aromatic nitrogens is 4. The molecular weight excluding hydrogens is 326 g/mol. The molecule has 8 heteroatoms. The van der Waals surface area contributed by atoms with Crippen molar-refractivity contribution < 1.29 is 9.21 Å². The Labute approximate surface area is 142 Å². The molecule has 1 amide bonds. The summed E-state index contributed by atoms with van der Waals surface area (Å²) in [5, 5.41) is 12.2. The van der Waals surface area contributed by atoms with Crippen LogP contribution in [0.5, 0.6) is 0 Å². The molecule has 1 aliphatic rings. The number of nitrogens with zero attached hydrogens (tertiary/aromatic N) is 5. The van der Waals surface area contributed by atoms with Crippen molar-refractivity contribution in [1.82, 2.24) is 20.2 Å². The molecule has 1 aromatic carbocycles. The standard InChI is InChI=1S/C16H15N5O2S/c22-15-14(8-9-20(15)12-5-2-1-3-6-12)24-16-17-18-19-21(16)11-13-7-4-10-23-13/h1-7,10,14H,8-9,11H2. The number of amides is 1. The molecule has 4 rings (SSSR count). The fourth-order valence-corrected chi connectivity index (χ4v) is 3.70. The second-order valence-corrected chi connectivity index (χ2v) is 6.59. The van der Waals surface area contributed by atoms with Crippen LogP contribution >= 0.6 is 11.8 Å². The molecule has 0 N–H and O–H groups in total. The monoisotopic (exact) mass is 341 g/mol. The summed E-state index contributed by atoms with van der Waals surface area (Å²) in [6.45, 7) is 1.16. The SMILES string of the molecule is O=C1C(Sc2nnnn2Cc2ccco2)CCN1c1ccccc1. The number of carbonyl (C=O) groups is 1. The zero-order valence-electron chi connectivity index (χ0n) is 12.8. The molecule has 1 saturated heterocycles. The maximum Gasteiger partial charge on any atom is 0.240 e. The normalized spacial score (nSPS) is 17.6. The predicted molar refractivity (Wildman–Crippen MR) is 88.7 cm³/mol. The number of carbonyl (C=O) groups excluding carboxylic acids is 1. The molecule has 1 fully saturated rings. The van der Waals surface area contributed by atoms with Gasteiger partial charge in [0.05, 0.1) is 11.5 Å². The van der Waals surface area contributed by atoms with Crippen LogP contribution in [-0.4, -0.2) is 37.9 Å². The number of rotatable bonds is 5. The van der Waals surface area contributed by atoms with Gasteiger partial charge in [-0.25, -0.2) is 4.68 Å². The third-order valence-electron chi connectivity index (χ3n) is 3.86. The highest BCUT2D eigenvalue weighted by Crippen LogP contribution is 2.32. The van der Waals surface area contributed by atoms with Crippen molar-refractivity contribution in [2.24, 2.45) is 0 Å². The van der Waals surface area contributed by atoms with Gasteiger partial charge < -0.3 is 9.32 Å². The molecule has 0 aliphatic carbocycles. The number of hydrogen-bond acceptors (Lipinski definition) is 6. The Bertz CT molecular complexity index is 818. The van der Waals surface area contributed by atoms with Crippen LogP contribution in [0.25, 0.3) is 0 Å². The second kappa shape index (κ2) is 6.48. The summed E-state index contributed by atoms with van der Waals surface area (Å²) >= 11 is 1.41. The highest BCUT2D eigenvalue weighted by Gasteiger charge is 2.34. The number of benzene rings is 1. The smallest absolute Gasteiger partial charge is 0.240 e. The Morgan fingerprint density at radius 2 is 2.08 bits per heavy atom. The summed E-state index contributed by atoms with van der Waals surface area (Å²) in [5.41, 5.74) is 0.931. The van der Waals surface area contributed by atoms with Gasteiger partial charge in [-0.1, -0.05) is 30.0 Å². The minimum atomic E-state index is -0.174. The van der Waals surface area contributed by atoms with Gasteiger partial charge in [-0.3, -0.25) is 4.79 Å². The highest BCUT2D eigenvalue weighted by atomic mass is 32.2. The van der Waals surface area contributed by atoms with Crippen LogP contribution in [0, 0.1) is 0 Å². The molecule has 1 aliphatic heterocycles. The lowest BCUT2D eigenvalue weighted by molar-refractivity contribution is -0.116. The molecule has 0 radical (unpaired) electrons. The van der Waals surface area contributed by atoms with Crippen LogP contribution < -0.4 is 4.90 Å². The molecular formula is C16H15N5O2S. The minimum absolute atomic E-state index is 0.0961. The summed E-state index contributed by atoms with van der Waals surface area (Å²) < 4.78 is 6.98. The molecule has 0 spiro atoms. The molecule has 3 aromatic rings. The van der Waals surface area contributed by atoms with Gasteiger partial charge in [0.2, 0.25) is 11.1 Å². The fraction of sp³-hybridized carbons (Fsp3) is 0.250. The Morgan fingerprint density at radius 1 is 1.21 bits per heavy atom. The largest absolute Gasteiger partial charge is 0.467 e. The number of anilines is 1. The van der Waals surface area contributed by atoms with E-state index in [4.69, 9.17) is 4.42 Å². The minimum Gasteiger partial charge on any atom is -0.467 e. The van der Waals surface area contributed by atoms with Crippen LogP contribution in [0.2, 0.25) is 0 Å². The Kier molecular flexibility index (Phi) is 4.04. The quantitative estimate of drug-likeness (QED) is 0.708. The van der Waals surface area contributed by atoms with Gasteiger partial charge in [-0.05, 0) is 41.1 Å². The fourth-order valence-electron chi connectivity index (χ4n) is 2.68. The van der Waals surface area contributed by atoms with E-state index in [9.17, 15) is 4.79 Å². The van der Waals surface area contributed by atoms with Gasteiger partial charge in [0.25, 0.3) is 0 Å². The van der Waals surface area contributed by atoms with Gasteiger partial charge in [0.15, 0.2) is 0 Å². The number of tetrazole rings is 1. The Morgan fingerprint density at radius 3 is 2.88 bits per heavy atom. The topological polar surface area (TPSA) is 77.0 Å². The third-order valence-corrected chi connectivity index (χ3v) is 5.08. The average Bonchev–Trinajstić information content (AvgIpc) is 3.34. The van der Waals surface area contributed by atoms with E-state index in [1.54, 1.807) is 10.9 Å². The molecule has 1 unspecified atom stereocenters. The summed E-state index contributed by atoms with van der Waals surface area (Å²) in [6, 6.07) is 13.4. The van der Waals surface area contributed by atoms with Crippen LogP contribution in [0.3, 0.4) is 0 Å². The highest BCUT2D eigenvalue weighted by molar-refractivity contribution is 8.00. The van der Waals surface area contributed by atoms with Gasteiger partial charge in [0.1, 0.15) is 12.3 Å². The first-order valence-electron chi connectivity index (χ1n) is 7.63. The first-order valence-corrected chi connectivity index (χ1v) is 8.51. The molecule has 3 heterocycles. The molecule has 7 nitrogen and oxygen atoms in total. The van der Waals surface area contributed by atoms with Gasteiger partial charge in [0, 0.05) is 12.2 Å². The average molecular weight is 341 g/mol. The predicted octanol–water partition coefficient (Wildman–Crippen LogP) is 2.21. The Hall–Kier alpha value is -2.61. The van der Waals surface area contributed by atoms with Crippen molar-refractivity contribution in [3.8, 4) is 0 Å². The van der Waals surface area contributed by atoms with E-state index in [-0.39, 0.29) is 11.2 Å². The van der Waals surface area contributed by atoms with Gasteiger partial charge in [-0.15, -0.1) is 5.10 Å². The summed E-state index contributed by atoms with van der Waals surface area (Å²) in [6.07, 6.45) is 2.39. The number of para-hydroxylation sites is 1. The molecule has 24 heavy (non-hydrogen) atoms. The maximum atomic E-state index is 12.7. The summed E-state index contributed by atoms with van der Waals surface area (Å²) in [4.78, 5) is 14.5. The van der Waals surface area contributed by atoms with E-state index in [0.29, 0.717) is 18.2 Å². The van der Waals surface area contributed by atoms with E-state index in [1.165, 1.54) is 11.8 Å². The van der Waals surface area contributed by atoms with Gasteiger partial charge in [-0.2, -0.15) is 0 Å². The van der Waals surface area contributed by atoms with Crippen molar-refractivity contribution >= 4 is 23.4 Å². The molecule has 0 saturated carbocycles. The van der Waals surface area contributed by atoms with E-state index >= 15 is 0 Å². The third kappa shape index (κ3) is 2.92. The van der Waals surface area contributed by atoms with E-state index < -0.39 is 0 Å². The molecule has 0 bridgehead atoms. The maximum absolute atomic E-state index is 12.7. The van der Waals surface area contributed by atoms with Crippen LogP contribution in [0.15, 0.2) is 58.3 Å². The van der Waals surface area contributed by atoms with Crippen LogP contribution in [0.1, 0.15) is 12.2 Å². The van der Waals surface area contributed by atoms with Crippen molar-refractivity contribution in [2.75, 3.05) is 11.4 Å².